The van der Waals surface area contributed by atoms with Crippen molar-refractivity contribution in [3.05, 3.63) is 53.9 Å². The topological polar surface area (TPSA) is 64.9 Å². The van der Waals surface area contributed by atoms with E-state index in [1.807, 2.05) is 42.5 Å². The van der Waals surface area contributed by atoms with E-state index in [4.69, 9.17) is 4.74 Å². The maximum atomic E-state index is 9.62. The van der Waals surface area contributed by atoms with E-state index in [2.05, 4.69) is 40.9 Å². The highest BCUT2D eigenvalue weighted by Crippen LogP contribution is 2.29. The third-order valence-electron chi connectivity index (χ3n) is 4.41. The van der Waals surface area contributed by atoms with Gasteiger partial charge in [0.15, 0.2) is 0 Å². The Hall–Kier alpha value is -3.26. The molecule has 0 bridgehead atoms. The van der Waals surface area contributed by atoms with Crippen LogP contribution in [-0.2, 0) is 0 Å². The van der Waals surface area contributed by atoms with Crippen molar-refractivity contribution in [2.24, 2.45) is 0 Å². The number of imidazole rings is 1. The molecule has 2 aromatic carbocycles. The molecule has 3 aromatic rings. The number of anilines is 1. The van der Waals surface area contributed by atoms with Gasteiger partial charge >= 0.3 is 0 Å². The molecule has 1 heterocycles. The fourth-order valence-electron chi connectivity index (χ4n) is 2.99. The van der Waals surface area contributed by atoms with Gasteiger partial charge in [0.1, 0.15) is 17.6 Å². The van der Waals surface area contributed by atoms with Gasteiger partial charge in [-0.1, -0.05) is 12.1 Å². The largest absolute Gasteiger partial charge is 0.496 e. The SMILES string of the molecule is CCN(CC)c1ccc(/C=C(\C#N)c2nc3ccccc3[nH]2)c(OC)c1. The van der Waals surface area contributed by atoms with Gasteiger partial charge in [-0.15, -0.1) is 0 Å². The third kappa shape index (κ3) is 3.40. The molecule has 0 radical (unpaired) electrons. The van der Waals surface area contributed by atoms with Crippen molar-refractivity contribution in [1.82, 2.24) is 9.97 Å². The van der Waals surface area contributed by atoms with Crippen molar-refractivity contribution in [3.63, 3.8) is 0 Å². The molecule has 5 heteroatoms. The van der Waals surface area contributed by atoms with E-state index in [9.17, 15) is 5.26 Å². The second-order valence-corrected chi connectivity index (χ2v) is 5.87. The van der Waals surface area contributed by atoms with Crippen LogP contribution in [0.4, 0.5) is 5.69 Å². The van der Waals surface area contributed by atoms with Crippen LogP contribution in [0.1, 0.15) is 25.2 Å². The number of para-hydroxylation sites is 2. The standard InChI is InChI=1S/C21H22N4O/c1-4-25(5-2)17-11-10-15(20(13-17)26-3)12-16(14-22)21-23-18-8-6-7-9-19(18)24-21/h6-13H,4-5H2,1-3H3,(H,23,24)/b16-12+. The van der Waals surface area contributed by atoms with Crippen molar-refractivity contribution in [1.29, 1.82) is 5.26 Å². The Kier molecular flexibility index (Phi) is 5.23. The molecular weight excluding hydrogens is 324 g/mol. The normalized spacial score (nSPS) is 11.4. The van der Waals surface area contributed by atoms with E-state index >= 15 is 0 Å². The number of aromatic nitrogens is 2. The van der Waals surface area contributed by atoms with Gasteiger partial charge < -0.3 is 14.6 Å². The van der Waals surface area contributed by atoms with Gasteiger partial charge in [-0.3, -0.25) is 0 Å². The van der Waals surface area contributed by atoms with Gasteiger partial charge in [-0.05, 0) is 44.2 Å². The van der Waals surface area contributed by atoms with Gasteiger partial charge in [-0.2, -0.15) is 5.26 Å². The molecule has 0 spiro atoms. The number of H-pyrrole nitrogens is 1. The number of nitrogens with zero attached hydrogens (tertiary/aromatic N) is 3. The summed E-state index contributed by atoms with van der Waals surface area (Å²) in [4.78, 5) is 9.96. The van der Waals surface area contributed by atoms with Crippen LogP contribution in [0, 0.1) is 11.3 Å². The fourth-order valence-corrected chi connectivity index (χ4v) is 2.99. The summed E-state index contributed by atoms with van der Waals surface area (Å²) in [6.45, 7) is 6.10. The molecule has 0 aliphatic rings. The number of nitrogens with one attached hydrogen (secondary N) is 1. The van der Waals surface area contributed by atoms with Crippen molar-refractivity contribution >= 4 is 28.4 Å². The molecular formula is C21H22N4O. The highest BCUT2D eigenvalue weighted by atomic mass is 16.5. The van der Waals surface area contributed by atoms with E-state index in [0.29, 0.717) is 11.4 Å². The lowest BCUT2D eigenvalue weighted by Gasteiger charge is -2.22. The Bertz CT molecular complexity index is 944. The molecule has 0 aliphatic carbocycles. The predicted molar refractivity (Wildman–Crippen MR) is 106 cm³/mol. The number of rotatable bonds is 6. The first kappa shape index (κ1) is 17.6. The molecule has 26 heavy (non-hydrogen) atoms. The average molecular weight is 346 g/mol. The zero-order valence-corrected chi connectivity index (χ0v) is 15.3. The van der Waals surface area contributed by atoms with E-state index in [1.165, 1.54) is 0 Å². The summed E-state index contributed by atoms with van der Waals surface area (Å²) in [6, 6.07) is 16.0. The molecule has 0 aliphatic heterocycles. The third-order valence-corrected chi connectivity index (χ3v) is 4.41. The summed E-state index contributed by atoms with van der Waals surface area (Å²) >= 11 is 0. The van der Waals surface area contributed by atoms with Crippen molar-refractivity contribution in [2.75, 3.05) is 25.1 Å². The minimum Gasteiger partial charge on any atom is -0.496 e. The zero-order valence-electron chi connectivity index (χ0n) is 15.3. The van der Waals surface area contributed by atoms with Crippen molar-refractivity contribution in [3.8, 4) is 11.8 Å². The molecule has 132 valence electrons. The van der Waals surface area contributed by atoms with E-state index in [1.54, 1.807) is 7.11 Å². The van der Waals surface area contributed by atoms with Crippen molar-refractivity contribution in [2.45, 2.75) is 13.8 Å². The molecule has 0 fully saturated rings. The van der Waals surface area contributed by atoms with Crippen LogP contribution in [0.25, 0.3) is 22.7 Å². The molecule has 0 atom stereocenters. The molecule has 5 nitrogen and oxygen atoms in total. The Morgan fingerprint density at radius 3 is 2.65 bits per heavy atom. The molecule has 0 saturated carbocycles. The summed E-state index contributed by atoms with van der Waals surface area (Å²) in [7, 11) is 1.64. The maximum absolute atomic E-state index is 9.62. The number of nitriles is 1. The summed E-state index contributed by atoms with van der Waals surface area (Å²) in [5.74, 6) is 1.29. The van der Waals surface area contributed by atoms with Crippen LogP contribution in [0.5, 0.6) is 5.75 Å². The minimum atomic E-state index is 0.468. The Morgan fingerprint density at radius 2 is 2.00 bits per heavy atom. The smallest absolute Gasteiger partial charge is 0.149 e. The van der Waals surface area contributed by atoms with Gasteiger partial charge in [0.05, 0.1) is 23.7 Å². The van der Waals surface area contributed by atoms with Crippen LogP contribution < -0.4 is 9.64 Å². The number of methoxy groups -OCH3 is 1. The molecule has 0 amide bonds. The van der Waals surface area contributed by atoms with Gasteiger partial charge in [0, 0.05) is 30.4 Å². The van der Waals surface area contributed by atoms with Crippen molar-refractivity contribution < 1.29 is 4.74 Å². The number of fused-ring (bicyclic) bond motifs is 1. The summed E-state index contributed by atoms with van der Waals surface area (Å²) in [5, 5.41) is 9.62. The second-order valence-electron chi connectivity index (χ2n) is 5.87. The van der Waals surface area contributed by atoms with E-state index in [-0.39, 0.29) is 0 Å². The predicted octanol–water partition coefficient (Wildman–Crippen LogP) is 4.48. The van der Waals surface area contributed by atoms with Crippen LogP contribution in [0.15, 0.2) is 42.5 Å². The number of hydrogen-bond donors (Lipinski definition) is 1. The number of ether oxygens (including phenoxy) is 1. The zero-order chi connectivity index (χ0) is 18.5. The van der Waals surface area contributed by atoms with Crippen LogP contribution in [0.3, 0.4) is 0 Å². The Labute approximate surface area is 153 Å². The average Bonchev–Trinajstić information content (AvgIpc) is 3.11. The molecule has 0 unspecified atom stereocenters. The number of aromatic amines is 1. The number of hydrogen-bond acceptors (Lipinski definition) is 4. The van der Waals surface area contributed by atoms with Crippen LogP contribution >= 0.6 is 0 Å². The minimum absolute atomic E-state index is 0.468. The highest BCUT2D eigenvalue weighted by molar-refractivity contribution is 5.91. The summed E-state index contributed by atoms with van der Waals surface area (Å²) in [5.41, 5.74) is 4.17. The summed E-state index contributed by atoms with van der Waals surface area (Å²) < 4.78 is 5.55. The molecule has 0 saturated heterocycles. The first-order valence-electron chi connectivity index (χ1n) is 8.70. The van der Waals surface area contributed by atoms with Gasteiger partial charge in [0.2, 0.25) is 0 Å². The molecule has 1 aromatic heterocycles. The lowest BCUT2D eigenvalue weighted by Crippen LogP contribution is -2.21. The first-order chi connectivity index (χ1) is 12.7. The fraction of sp³-hybridized carbons (Fsp3) is 0.238. The number of allylic oxidation sites excluding steroid dienone is 1. The molecule has 1 N–H and O–H groups in total. The highest BCUT2D eigenvalue weighted by Gasteiger charge is 2.11. The Morgan fingerprint density at radius 1 is 1.23 bits per heavy atom. The number of benzene rings is 2. The lowest BCUT2D eigenvalue weighted by molar-refractivity contribution is 0.414. The quantitative estimate of drug-likeness (QED) is 0.668. The summed E-state index contributed by atoms with van der Waals surface area (Å²) in [6.07, 6.45) is 1.81. The van der Waals surface area contributed by atoms with Crippen LogP contribution in [0.2, 0.25) is 0 Å². The monoisotopic (exact) mass is 346 g/mol. The van der Waals surface area contributed by atoms with E-state index in [0.717, 1.165) is 41.1 Å². The Balaban J connectivity index is 2.02. The van der Waals surface area contributed by atoms with Gasteiger partial charge in [0.25, 0.3) is 0 Å². The lowest BCUT2D eigenvalue weighted by atomic mass is 10.1. The first-order valence-corrected chi connectivity index (χ1v) is 8.70. The van der Waals surface area contributed by atoms with Gasteiger partial charge in [-0.25, -0.2) is 4.98 Å². The molecule has 3 rings (SSSR count). The van der Waals surface area contributed by atoms with Crippen LogP contribution in [-0.4, -0.2) is 30.2 Å². The maximum Gasteiger partial charge on any atom is 0.149 e. The van der Waals surface area contributed by atoms with E-state index < -0.39 is 0 Å². The second kappa shape index (κ2) is 7.75.